The zero-order valence-electron chi connectivity index (χ0n) is 39.7. The van der Waals surface area contributed by atoms with E-state index < -0.39 is 32.5 Å². The Kier molecular flexibility index (Phi) is 41.3. The Morgan fingerprint density at radius 3 is 1.37 bits per heavy atom. The first-order valence-corrected chi connectivity index (χ1v) is 26.2. The second kappa shape index (κ2) is 42.5. The van der Waals surface area contributed by atoms with Gasteiger partial charge < -0.3 is 27.9 Å². The topological polar surface area (TPSA) is 111 Å². The lowest BCUT2D eigenvalue weighted by molar-refractivity contribution is -0.870. The molecular weight excluding hydrogens is 774 g/mol. The molecule has 0 saturated heterocycles. The number of unbranched alkanes of at least 4 members (excludes halogenated alkanes) is 25. The second-order valence-electron chi connectivity index (χ2n) is 17.8. The highest BCUT2D eigenvalue weighted by atomic mass is 31.2. The standard InChI is InChI=1S/C50H94NO8P/c1-6-8-10-12-14-16-18-20-22-24-25-27-29-31-33-35-37-39-41-43-50(53)59-48(47-58-60(54,55)57-45-44-51(3,4)5)46-56-49(52)42-40-38-36-34-32-30-28-26-23-21-19-17-15-13-11-9-7-2/h15,17,20-23,48H,6-14,16,18-19,24-47H2,1-5H3/b17-15+,22-20+,23-21+/t48-/m1/s1. The van der Waals surface area contributed by atoms with E-state index in [0.29, 0.717) is 17.4 Å². The van der Waals surface area contributed by atoms with Crippen LogP contribution in [0.4, 0.5) is 0 Å². The lowest BCUT2D eigenvalue weighted by Crippen LogP contribution is -2.37. The number of carbonyl (C=O) groups excluding carboxylic acids is 2. The third kappa shape index (κ3) is 45.7. The first-order valence-electron chi connectivity index (χ1n) is 24.7. The largest absolute Gasteiger partial charge is 0.756 e. The van der Waals surface area contributed by atoms with E-state index in [1.54, 1.807) is 0 Å². The van der Waals surface area contributed by atoms with E-state index in [1.165, 1.54) is 128 Å². The van der Waals surface area contributed by atoms with Crippen LogP contribution < -0.4 is 4.89 Å². The molecule has 9 nitrogen and oxygen atoms in total. The van der Waals surface area contributed by atoms with Crippen molar-refractivity contribution in [2.24, 2.45) is 0 Å². The fourth-order valence-electron chi connectivity index (χ4n) is 6.74. The highest BCUT2D eigenvalue weighted by Crippen LogP contribution is 2.38. The molecule has 352 valence electrons. The van der Waals surface area contributed by atoms with E-state index in [1.807, 2.05) is 21.1 Å². The van der Waals surface area contributed by atoms with Gasteiger partial charge in [-0.15, -0.1) is 0 Å². The van der Waals surface area contributed by atoms with Crippen molar-refractivity contribution < 1.29 is 42.1 Å². The van der Waals surface area contributed by atoms with Gasteiger partial charge in [0, 0.05) is 12.8 Å². The van der Waals surface area contributed by atoms with Crippen molar-refractivity contribution in [2.75, 3.05) is 47.5 Å². The number of phosphoric ester groups is 1. The van der Waals surface area contributed by atoms with Crippen molar-refractivity contribution in [1.29, 1.82) is 0 Å². The molecule has 1 unspecified atom stereocenters. The van der Waals surface area contributed by atoms with Gasteiger partial charge in [-0.2, -0.15) is 0 Å². The van der Waals surface area contributed by atoms with Crippen molar-refractivity contribution in [1.82, 2.24) is 0 Å². The molecule has 0 aromatic rings. The van der Waals surface area contributed by atoms with Gasteiger partial charge in [-0.05, 0) is 70.6 Å². The van der Waals surface area contributed by atoms with Crippen LogP contribution in [-0.4, -0.2) is 70.0 Å². The Balaban J connectivity index is 4.29. The minimum absolute atomic E-state index is 0.0323. The molecule has 0 aromatic heterocycles. The molecule has 0 rings (SSSR count). The predicted molar refractivity (Wildman–Crippen MR) is 250 cm³/mol. The Bertz CT molecular complexity index is 1120. The zero-order valence-corrected chi connectivity index (χ0v) is 40.6. The molecule has 0 bridgehead atoms. The first kappa shape index (κ1) is 58.2. The number of hydrogen-bond acceptors (Lipinski definition) is 8. The number of quaternary nitrogens is 1. The minimum atomic E-state index is -4.63. The molecule has 0 aliphatic heterocycles. The number of nitrogens with zero attached hydrogens (tertiary/aromatic N) is 1. The monoisotopic (exact) mass is 868 g/mol. The summed E-state index contributed by atoms with van der Waals surface area (Å²) >= 11 is 0. The van der Waals surface area contributed by atoms with Crippen LogP contribution in [0.25, 0.3) is 0 Å². The molecule has 0 aliphatic carbocycles. The van der Waals surface area contributed by atoms with Gasteiger partial charge in [-0.1, -0.05) is 172 Å². The fraction of sp³-hybridized carbons (Fsp3) is 0.840. The van der Waals surface area contributed by atoms with Crippen molar-refractivity contribution in [3.8, 4) is 0 Å². The Hall–Kier alpha value is -1.77. The van der Waals surface area contributed by atoms with Gasteiger partial charge in [0.25, 0.3) is 7.82 Å². The van der Waals surface area contributed by atoms with Crippen LogP contribution in [0.2, 0.25) is 0 Å². The molecular formula is C50H94NO8P. The number of rotatable bonds is 45. The molecule has 60 heavy (non-hydrogen) atoms. The Morgan fingerprint density at radius 2 is 0.900 bits per heavy atom. The van der Waals surface area contributed by atoms with Crippen LogP contribution in [0.15, 0.2) is 36.5 Å². The van der Waals surface area contributed by atoms with E-state index in [2.05, 4.69) is 50.3 Å². The number of ether oxygens (including phenoxy) is 2. The molecule has 0 spiro atoms. The Morgan fingerprint density at radius 1 is 0.517 bits per heavy atom. The number of carbonyl (C=O) groups is 2. The maximum atomic E-state index is 12.7. The molecule has 0 saturated carbocycles. The normalized spacial score (nSPS) is 13.8. The molecule has 0 aliphatic rings. The van der Waals surface area contributed by atoms with E-state index in [9.17, 15) is 19.0 Å². The molecule has 0 heterocycles. The average molecular weight is 868 g/mol. The Labute approximate surface area is 370 Å². The van der Waals surface area contributed by atoms with Crippen LogP contribution in [0, 0.1) is 0 Å². The van der Waals surface area contributed by atoms with Gasteiger partial charge >= 0.3 is 11.9 Å². The molecule has 0 N–H and O–H groups in total. The molecule has 0 fully saturated rings. The highest BCUT2D eigenvalue weighted by molar-refractivity contribution is 7.45. The lowest BCUT2D eigenvalue weighted by atomic mass is 10.1. The second-order valence-corrected chi connectivity index (χ2v) is 19.2. The minimum Gasteiger partial charge on any atom is -0.756 e. The van der Waals surface area contributed by atoms with Gasteiger partial charge in [-0.3, -0.25) is 14.2 Å². The summed E-state index contributed by atoms with van der Waals surface area (Å²) in [5, 5.41) is 0. The highest BCUT2D eigenvalue weighted by Gasteiger charge is 2.21. The quantitative estimate of drug-likeness (QED) is 0.0196. The molecule has 0 amide bonds. The molecule has 10 heteroatoms. The third-order valence-corrected chi connectivity index (χ3v) is 11.6. The van der Waals surface area contributed by atoms with E-state index in [4.69, 9.17) is 18.5 Å². The zero-order chi connectivity index (χ0) is 44.3. The number of allylic oxidation sites excluding steroid dienone is 6. The lowest BCUT2D eigenvalue weighted by Gasteiger charge is -2.28. The maximum Gasteiger partial charge on any atom is 0.306 e. The van der Waals surface area contributed by atoms with Gasteiger partial charge in [0.2, 0.25) is 0 Å². The average Bonchev–Trinajstić information content (AvgIpc) is 3.20. The smallest absolute Gasteiger partial charge is 0.306 e. The maximum absolute atomic E-state index is 12.7. The summed E-state index contributed by atoms with van der Waals surface area (Å²) in [6, 6.07) is 0. The van der Waals surface area contributed by atoms with Crippen molar-refractivity contribution in [2.45, 2.75) is 225 Å². The summed E-state index contributed by atoms with van der Waals surface area (Å²) in [6.07, 6.45) is 48.8. The summed E-state index contributed by atoms with van der Waals surface area (Å²) in [6.45, 7) is 4.21. The summed E-state index contributed by atoms with van der Waals surface area (Å²) in [5.41, 5.74) is 0. The molecule has 2 atom stereocenters. The predicted octanol–water partition coefficient (Wildman–Crippen LogP) is 13.8. The summed E-state index contributed by atoms with van der Waals surface area (Å²) in [5.74, 6) is -0.840. The number of likely N-dealkylation sites (N-methyl/N-ethyl adjacent to an activating group) is 1. The van der Waals surface area contributed by atoms with Crippen molar-refractivity contribution in [3.63, 3.8) is 0 Å². The van der Waals surface area contributed by atoms with Crippen molar-refractivity contribution in [3.05, 3.63) is 36.5 Å². The van der Waals surface area contributed by atoms with Gasteiger partial charge in [0.05, 0.1) is 27.7 Å². The van der Waals surface area contributed by atoms with E-state index in [0.717, 1.165) is 57.8 Å². The molecule has 0 radical (unpaired) electrons. The van der Waals surface area contributed by atoms with Crippen LogP contribution in [0.1, 0.15) is 219 Å². The van der Waals surface area contributed by atoms with E-state index >= 15 is 0 Å². The molecule has 0 aromatic carbocycles. The number of hydrogen-bond donors (Lipinski definition) is 0. The number of phosphoric acid groups is 1. The first-order chi connectivity index (χ1) is 29.0. The SMILES string of the molecule is CCCCC/C=C/C/C=C/CCCCCCCCCC(=O)OC[C@H](COP(=O)([O-])OCC[N+](C)(C)C)OC(=O)CCCCCCCCCCC/C=C/CCCCCCCC. The summed E-state index contributed by atoms with van der Waals surface area (Å²) < 4.78 is 34.0. The van der Waals surface area contributed by atoms with E-state index in [-0.39, 0.29) is 26.1 Å². The van der Waals surface area contributed by atoms with Crippen LogP contribution >= 0.6 is 7.82 Å². The van der Waals surface area contributed by atoms with Crippen molar-refractivity contribution >= 4 is 19.8 Å². The third-order valence-electron chi connectivity index (χ3n) is 10.6. The van der Waals surface area contributed by atoms with Crippen LogP contribution in [0.3, 0.4) is 0 Å². The summed E-state index contributed by atoms with van der Waals surface area (Å²) in [4.78, 5) is 37.7. The fourth-order valence-corrected chi connectivity index (χ4v) is 7.47. The van der Waals surface area contributed by atoms with Gasteiger partial charge in [0.15, 0.2) is 6.10 Å². The van der Waals surface area contributed by atoms with Crippen LogP contribution in [-0.2, 0) is 32.7 Å². The summed E-state index contributed by atoms with van der Waals surface area (Å²) in [7, 11) is 1.16. The van der Waals surface area contributed by atoms with Gasteiger partial charge in [-0.25, -0.2) is 0 Å². The van der Waals surface area contributed by atoms with Gasteiger partial charge in [0.1, 0.15) is 19.8 Å². The van der Waals surface area contributed by atoms with Crippen LogP contribution in [0.5, 0.6) is 0 Å². The number of esters is 2.